The van der Waals surface area contributed by atoms with Crippen LogP contribution in [0.1, 0.15) is 35.7 Å². The molecule has 2 heterocycles. The Labute approximate surface area is 88.7 Å². The lowest BCUT2D eigenvalue weighted by Crippen LogP contribution is -2.23. The average molecular weight is 211 g/mol. The van der Waals surface area contributed by atoms with E-state index < -0.39 is 0 Å². The van der Waals surface area contributed by atoms with Crippen LogP contribution < -0.4 is 11.1 Å². The van der Waals surface area contributed by atoms with Crippen molar-refractivity contribution in [2.24, 2.45) is 5.73 Å². The van der Waals surface area contributed by atoms with Crippen molar-refractivity contribution in [2.45, 2.75) is 38.3 Å². The molecule has 0 bridgehead atoms. The summed E-state index contributed by atoms with van der Waals surface area (Å²) in [7, 11) is 0. The zero-order chi connectivity index (χ0) is 9.97. The van der Waals surface area contributed by atoms with Crippen LogP contribution >= 0.6 is 11.3 Å². The molecular formula is C10H17N3S. The van der Waals surface area contributed by atoms with E-state index in [0.29, 0.717) is 6.04 Å². The van der Waals surface area contributed by atoms with Gasteiger partial charge in [0.05, 0.1) is 5.01 Å². The molecule has 78 valence electrons. The maximum Gasteiger partial charge on any atom is 0.0943 e. The summed E-state index contributed by atoms with van der Waals surface area (Å²) in [5.41, 5.74) is 5.79. The van der Waals surface area contributed by atoms with E-state index in [2.05, 4.69) is 10.3 Å². The third kappa shape index (κ3) is 2.32. The zero-order valence-electron chi connectivity index (χ0n) is 8.49. The maximum atomic E-state index is 5.79. The fourth-order valence-corrected chi connectivity index (χ4v) is 2.72. The summed E-state index contributed by atoms with van der Waals surface area (Å²) < 4.78 is 0. The van der Waals surface area contributed by atoms with Gasteiger partial charge in [-0.15, -0.1) is 11.3 Å². The number of nitrogens with one attached hydrogen (secondary N) is 1. The van der Waals surface area contributed by atoms with Crippen LogP contribution in [0, 0.1) is 0 Å². The Kier molecular flexibility index (Phi) is 3.15. The molecule has 0 spiro atoms. The van der Waals surface area contributed by atoms with Crippen molar-refractivity contribution in [3.8, 4) is 0 Å². The summed E-state index contributed by atoms with van der Waals surface area (Å²) in [6, 6.07) is 0.764. The molecule has 2 atom stereocenters. The number of nitrogens with two attached hydrogens (primary N) is 1. The molecule has 1 aromatic rings. The first-order chi connectivity index (χ1) is 6.75. The summed E-state index contributed by atoms with van der Waals surface area (Å²) in [6.45, 7) is 3.17. The van der Waals surface area contributed by atoms with E-state index in [1.54, 1.807) is 11.3 Å². The fourth-order valence-electron chi connectivity index (χ4n) is 1.77. The Hall–Kier alpha value is -0.450. The van der Waals surface area contributed by atoms with Gasteiger partial charge in [-0.25, -0.2) is 4.98 Å². The molecule has 1 aliphatic heterocycles. The molecule has 1 aliphatic rings. The van der Waals surface area contributed by atoms with E-state index in [0.717, 1.165) is 13.0 Å². The predicted octanol–water partition coefficient (Wildman–Crippen LogP) is 1.46. The van der Waals surface area contributed by atoms with Gasteiger partial charge in [0.15, 0.2) is 0 Å². The summed E-state index contributed by atoms with van der Waals surface area (Å²) in [5, 5.41) is 4.70. The van der Waals surface area contributed by atoms with Crippen LogP contribution in [0.2, 0.25) is 0 Å². The Morgan fingerprint density at radius 1 is 1.79 bits per heavy atom. The van der Waals surface area contributed by atoms with E-state index in [-0.39, 0.29) is 6.04 Å². The predicted molar refractivity (Wildman–Crippen MR) is 59.4 cm³/mol. The average Bonchev–Trinajstić information content (AvgIpc) is 2.75. The minimum absolute atomic E-state index is 0.123. The van der Waals surface area contributed by atoms with Crippen LogP contribution in [0.5, 0.6) is 0 Å². The molecule has 14 heavy (non-hydrogen) atoms. The minimum atomic E-state index is 0.123. The summed E-state index contributed by atoms with van der Waals surface area (Å²) in [5.74, 6) is 0. The Morgan fingerprint density at radius 2 is 2.64 bits per heavy atom. The summed E-state index contributed by atoms with van der Waals surface area (Å²) in [4.78, 5) is 5.59. The van der Waals surface area contributed by atoms with Gasteiger partial charge in [0.2, 0.25) is 0 Å². The van der Waals surface area contributed by atoms with Gasteiger partial charge in [-0.1, -0.05) is 0 Å². The lowest BCUT2D eigenvalue weighted by atomic mass is 10.2. The number of nitrogens with zero attached hydrogens (tertiary/aromatic N) is 1. The van der Waals surface area contributed by atoms with Gasteiger partial charge >= 0.3 is 0 Å². The van der Waals surface area contributed by atoms with Crippen molar-refractivity contribution in [1.29, 1.82) is 0 Å². The SMILES string of the molecule is CC(N)c1cnc(CC2CCCN2)s1. The molecule has 0 saturated carbocycles. The Balaban J connectivity index is 1.95. The molecule has 1 saturated heterocycles. The highest BCUT2D eigenvalue weighted by molar-refractivity contribution is 7.11. The van der Waals surface area contributed by atoms with Crippen molar-refractivity contribution in [3.63, 3.8) is 0 Å². The highest BCUT2D eigenvalue weighted by atomic mass is 32.1. The molecule has 0 aromatic carbocycles. The van der Waals surface area contributed by atoms with Crippen LogP contribution in [0.3, 0.4) is 0 Å². The highest BCUT2D eigenvalue weighted by Crippen LogP contribution is 2.21. The number of rotatable bonds is 3. The fraction of sp³-hybridized carbons (Fsp3) is 0.700. The van der Waals surface area contributed by atoms with Gasteiger partial charge in [-0.2, -0.15) is 0 Å². The Bertz CT molecular complexity index is 289. The van der Waals surface area contributed by atoms with Gasteiger partial charge in [-0.3, -0.25) is 0 Å². The lowest BCUT2D eigenvalue weighted by molar-refractivity contribution is 0.601. The van der Waals surface area contributed by atoms with Crippen molar-refractivity contribution in [3.05, 3.63) is 16.1 Å². The van der Waals surface area contributed by atoms with Crippen LogP contribution in [-0.4, -0.2) is 17.6 Å². The van der Waals surface area contributed by atoms with E-state index in [1.807, 2.05) is 13.1 Å². The third-order valence-corrected chi connectivity index (χ3v) is 3.82. The normalized spacial score (nSPS) is 24.0. The monoisotopic (exact) mass is 211 g/mol. The highest BCUT2D eigenvalue weighted by Gasteiger charge is 2.16. The first-order valence-corrected chi connectivity index (χ1v) is 6.01. The molecule has 0 amide bonds. The summed E-state index contributed by atoms with van der Waals surface area (Å²) >= 11 is 1.75. The van der Waals surface area contributed by atoms with Crippen LogP contribution in [-0.2, 0) is 6.42 Å². The topological polar surface area (TPSA) is 50.9 Å². The molecule has 0 aliphatic carbocycles. The third-order valence-electron chi connectivity index (χ3n) is 2.60. The van der Waals surface area contributed by atoms with E-state index in [4.69, 9.17) is 5.73 Å². The molecule has 0 radical (unpaired) electrons. The molecule has 2 unspecified atom stereocenters. The molecule has 3 N–H and O–H groups in total. The first kappa shape index (κ1) is 10.1. The summed E-state index contributed by atoms with van der Waals surface area (Å²) in [6.07, 6.45) is 5.57. The van der Waals surface area contributed by atoms with Gasteiger partial charge < -0.3 is 11.1 Å². The second kappa shape index (κ2) is 4.38. The van der Waals surface area contributed by atoms with Crippen molar-refractivity contribution in [1.82, 2.24) is 10.3 Å². The van der Waals surface area contributed by atoms with Crippen LogP contribution in [0.4, 0.5) is 0 Å². The largest absolute Gasteiger partial charge is 0.323 e. The zero-order valence-corrected chi connectivity index (χ0v) is 9.31. The smallest absolute Gasteiger partial charge is 0.0943 e. The maximum absolute atomic E-state index is 5.79. The number of hydrogen-bond donors (Lipinski definition) is 2. The van der Waals surface area contributed by atoms with E-state index in [9.17, 15) is 0 Å². The number of thiazole rings is 1. The lowest BCUT2D eigenvalue weighted by Gasteiger charge is -2.06. The second-order valence-corrected chi connectivity index (χ2v) is 5.09. The van der Waals surface area contributed by atoms with Gasteiger partial charge in [-0.05, 0) is 26.3 Å². The van der Waals surface area contributed by atoms with Crippen molar-refractivity contribution < 1.29 is 0 Å². The van der Waals surface area contributed by atoms with Crippen molar-refractivity contribution in [2.75, 3.05) is 6.54 Å². The minimum Gasteiger partial charge on any atom is -0.323 e. The number of hydrogen-bond acceptors (Lipinski definition) is 4. The standard InChI is InChI=1S/C10H17N3S/c1-7(11)9-6-13-10(14-9)5-8-3-2-4-12-8/h6-8,12H,2-5,11H2,1H3. The van der Waals surface area contributed by atoms with Crippen LogP contribution in [0.15, 0.2) is 6.20 Å². The molecule has 4 heteroatoms. The van der Waals surface area contributed by atoms with Gasteiger partial charge in [0.1, 0.15) is 0 Å². The van der Waals surface area contributed by atoms with E-state index in [1.165, 1.54) is 22.7 Å². The number of aromatic nitrogens is 1. The molecular weight excluding hydrogens is 194 g/mol. The quantitative estimate of drug-likeness (QED) is 0.796. The van der Waals surface area contributed by atoms with Crippen LogP contribution in [0.25, 0.3) is 0 Å². The van der Waals surface area contributed by atoms with E-state index >= 15 is 0 Å². The molecule has 2 rings (SSSR count). The molecule has 1 aromatic heterocycles. The molecule has 1 fully saturated rings. The Morgan fingerprint density at radius 3 is 3.21 bits per heavy atom. The molecule has 3 nitrogen and oxygen atoms in total. The van der Waals surface area contributed by atoms with Crippen molar-refractivity contribution >= 4 is 11.3 Å². The van der Waals surface area contributed by atoms with Gasteiger partial charge in [0, 0.05) is 29.6 Å². The second-order valence-electron chi connectivity index (χ2n) is 3.94. The van der Waals surface area contributed by atoms with Gasteiger partial charge in [0.25, 0.3) is 0 Å². The first-order valence-electron chi connectivity index (χ1n) is 5.19.